The van der Waals surface area contributed by atoms with Crippen molar-refractivity contribution in [2.24, 2.45) is 5.92 Å². The molecule has 1 saturated heterocycles. The van der Waals surface area contributed by atoms with Gasteiger partial charge in [-0.3, -0.25) is 9.78 Å². The number of alkyl halides is 3. The Balaban J connectivity index is 1.76. The molecule has 0 saturated carbocycles. The molecular weight excluding hydrogens is 421 g/mol. The topological polar surface area (TPSA) is 60.5 Å². The molecule has 2 heterocycles. The fourth-order valence-corrected chi connectivity index (χ4v) is 4.08. The SMILES string of the molecule is CCC(Oc1cc(-c2ccc(C(F)(F)F)c(OC)c2)cc2ncccc12)C1CNC(=O)C1. The van der Waals surface area contributed by atoms with Crippen LogP contribution in [0.4, 0.5) is 13.2 Å². The van der Waals surface area contributed by atoms with E-state index in [2.05, 4.69) is 10.3 Å². The van der Waals surface area contributed by atoms with Crippen LogP contribution < -0.4 is 14.8 Å². The number of nitrogens with one attached hydrogen (secondary N) is 1. The van der Waals surface area contributed by atoms with Gasteiger partial charge in [-0.05, 0) is 53.9 Å². The molecule has 32 heavy (non-hydrogen) atoms. The Morgan fingerprint density at radius 1 is 1.16 bits per heavy atom. The van der Waals surface area contributed by atoms with Gasteiger partial charge in [0, 0.05) is 30.5 Å². The van der Waals surface area contributed by atoms with Gasteiger partial charge in [0.1, 0.15) is 17.6 Å². The number of benzene rings is 2. The first-order valence-electron chi connectivity index (χ1n) is 10.4. The summed E-state index contributed by atoms with van der Waals surface area (Å²) in [7, 11) is 1.22. The van der Waals surface area contributed by atoms with Crippen molar-refractivity contribution in [3.8, 4) is 22.6 Å². The quantitative estimate of drug-likeness (QED) is 0.566. The summed E-state index contributed by atoms with van der Waals surface area (Å²) in [5.41, 5.74) is 1.05. The lowest BCUT2D eigenvalue weighted by molar-refractivity contribution is -0.138. The molecule has 1 amide bonds. The molecule has 1 N–H and O–H groups in total. The number of hydrogen-bond donors (Lipinski definition) is 1. The summed E-state index contributed by atoms with van der Waals surface area (Å²) in [4.78, 5) is 16.1. The first kappa shape index (κ1) is 21.9. The summed E-state index contributed by atoms with van der Waals surface area (Å²) in [6, 6.07) is 11.1. The molecule has 0 bridgehead atoms. The van der Waals surface area contributed by atoms with Crippen LogP contribution in [-0.4, -0.2) is 30.6 Å². The van der Waals surface area contributed by atoms with Gasteiger partial charge in [-0.25, -0.2) is 0 Å². The molecule has 2 atom stereocenters. The van der Waals surface area contributed by atoms with Crippen molar-refractivity contribution >= 4 is 16.8 Å². The molecule has 3 aromatic rings. The summed E-state index contributed by atoms with van der Waals surface area (Å²) in [6.45, 7) is 2.56. The number of methoxy groups -OCH3 is 1. The van der Waals surface area contributed by atoms with E-state index >= 15 is 0 Å². The van der Waals surface area contributed by atoms with Crippen LogP contribution in [-0.2, 0) is 11.0 Å². The number of amides is 1. The molecule has 1 aromatic heterocycles. The van der Waals surface area contributed by atoms with E-state index in [9.17, 15) is 18.0 Å². The zero-order valence-electron chi connectivity index (χ0n) is 17.7. The highest BCUT2D eigenvalue weighted by atomic mass is 19.4. The monoisotopic (exact) mass is 444 g/mol. The number of pyridine rings is 1. The number of rotatable bonds is 6. The smallest absolute Gasteiger partial charge is 0.419 e. The Kier molecular flexibility index (Phi) is 5.95. The molecule has 2 unspecified atom stereocenters. The minimum absolute atomic E-state index is 0.00850. The summed E-state index contributed by atoms with van der Waals surface area (Å²) in [5.74, 6) is 0.388. The second-order valence-corrected chi connectivity index (χ2v) is 7.79. The number of carbonyl (C=O) groups is 1. The van der Waals surface area contributed by atoms with Crippen molar-refractivity contribution in [3.05, 3.63) is 54.2 Å². The molecule has 0 radical (unpaired) electrons. The minimum Gasteiger partial charge on any atom is -0.496 e. The normalized spacial score (nSPS) is 17.3. The third-order valence-corrected chi connectivity index (χ3v) is 5.74. The Labute approximate surface area is 183 Å². The van der Waals surface area contributed by atoms with Gasteiger partial charge in [-0.1, -0.05) is 13.0 Å². The molecule has 4 rings (SSSR count). The van der Waals surface area contributed by atoms with Gasteiger partial charge in [0.2, 0.25) is 5.91 Å². The van der Waals surface area contributed by atoms with Crippen molar-refractivity contribution in [2.45, 2.75) is 32.0 Å². The van der Waals surface area contributed by atoms with E-state index < -0.39 is 11.7 Å². The fraction of sp³-hybridized carbons (Fsp3) is 0.333. The largest absolute Gasteiger partial charge is 0.496 e. The summed E-state index contributed by atoms with van der Waals surface area (Å²) in [5, 5.41) is 3.63. The number of nitrogens with zero attached hydrogens (tertiary/aromatic N) is 1. The molecule has 8 heteroatoms. The molecule has 1 aliphatic rings. The zero-order valence-corrected chi connectivity index (χ0v) is 17.7. The Hall–Kier alpha value is -3.29. The van der Waals surface area contributed by atoms with E-state index in [0.29, 0.717) is 41.8 Å². The van der Waals surface area contributed by atoms with Crippen LogP contribution in [0.25, 0.3) is 22.0 Å². The number of aromatic nitrogens is 1. The third-order valence-electron chi connectivity index (χ3n) is 5.74. The van der Waals surface area contributed by atoms with Gasteiger partial charge in [0.15, 0.2) is 0 Å². The highest BCUT2D eigenvalue weighted by molar-refractivity contribution is 5.90. The van der Waals surface area contributed by atoms with Crippen molar-refractivity contribution < 1.29 is 27.4 Å². The standard InChI is InChI=1S/C24H23F3N2O3/c1-3-20(16-12-23(30)29-13-16)32-21-11-15(9-19-17(21)5-4-8-28-19)14-6-7-18(24(25,26)27)22(10-14)31-2/h4-11,16,20H,3,12-13H2,1-2H3,(H,29,30). The predicted octanol–water partition coefficient (Wildman–Crippen LogP) is 5.22. The van der Waals surface area contributed by atoms with Crippen molar-refractivity contribution in [1.29, 1.82) is 0 Å². The number of halogens is 3. The van der Waals surface area contributed by atoms with E-state index in [0.717, 1.165) is 11.5 Å². The second-order valence-electron chi connectivity index (χ2n) is 7.79. The molecule has 0 spiro atoms. The molecule has 2 aromatic carbocycles. The Morgan fingerprint density at radius 2 is 1.94 bits per heavy atom. The van der Waals surface area contributed by atoms with Crippen LogP contribution >= 0.6 is 0 Å². The van der Waals surface area contributed by atoms with Crippen molar-refractivity contribution in [1.82, 2.24) is 10.3 Å². The maximum Gasteiger partial charge on any atom is 0.419 e. The first-order valence-corrected chi connectivity index (χ1v) is 10.4. The molecule has 168 valence electrons. The highest BCUT2D eigenvalue weighted by Gasteiger charge is 2.34. The van der Waals surface area contributed by atoms with E-state index in [4.69, 9.17) is 9.47 Å². The third kappa shape index (κ3) is 4.35. The average Bonchev–Trinajstić information content (AvgIpc) is 3.22. The molecular formula is C24H23F3N2O3. The van der Waals surface area contributed by atoms with Gasteiger partial charge in [-0.2, -0.15) is 13.2 Å². The molecule has 5 nitrogen and oxygen atoms in total. The minimum atomic E-state index is -4.51. The van der Waals surface area contributed by atoms with Gasteiger partial charge in [0.05, 0.1) is 18.2 Å². The molecule has 1 fully saturated rings. The summed E-state index contributed by atoms with van der Waals surface area (Å²) < 4.78 is 51.2. The summed E-state index contributed by atoms with van der Waals surface area (Å²) in [6.07, 6.45) is -1.93. The van der Waals surface area contributed by atoms with Crippen LogP contribution in [0, 0.1) is 5.92 Å². The Bertz CT molecular complexity index is 1150. The lowest BCUT2D eigenvalue weighted by Gasteiger charge is -2.24. The highest BCUT2D eigenvalue weighted by Crippen LogP contribution is 2.40. The fourth-order valence-electron chi connectivity index (χ4n) is 4.08. The van der Waals surface area contributed by atoms with Crippen molar-refractivity contribution in [2.75, 3.05) is 13.7 Å². The van der Waals surface area contributed by atoms with E-state index in [1.54, 1.807) is 18.3 Å². The number of fused-ring (bicyclic) bond motifs is 1. The number of carbonyl (C=O) groups excluding carboxylic acids is 1. The number of ether oxygens (including phenoxy) is 2. The molecule has 1 aliphatic heterocycles. The van der Waals surface area contributed by atoms with Crippen LogP contribution in [0.5, 0.6) is 11.5 Å². The lowest BCUT2D eigenvalue weighted by atomic mass is 9.98. The van der Waals surface area contributed by atoms with Gasteiger partial charge < -0.3 is 14.8 Å². The predicted molar refractivity (Wildman–Crippen MR) is 115 cm³/mol. The summed E-state index contributed by atoms with van der Waals surface area (Å²) >= 11 is 0. The van der Waals surface area contributed by atoms with Crippen LogP contribution in [0.3, 0.4) is 0 Å². The van der Waals surface area contributed by atoms with Crippen LogP contribution in [0.15, 0.2) is 48.7 Å². The van der Waals surface area contributed by atoms with E-state index in [1.165, 1.54) is 19.2 Å². The van der Waals surface area contributed by atoms with Gasteiger partial charge in [-0.15, -0.1) is 0 Å². The average molecular weight is 444 g/mol. The van der Waals surface area contributed by atoms with Gasteiger partial charge >= 0.3 is 6.18 Å². The lowest BCUT2D eigenvalue weighted by Crippen LogP contribution is -2.28. The second kappa shape index (κ2) is 8.68. The van der Waals surface area contributed by atoms with Gasteiger partial charge in [0.25, 0.3) is 0 Å². The van der Waals surface area contributed by atoms with Crippen LogP contribution in [0.1, 0.15) is 25.3 Å². The maximum atomic E-state index is 13.3. The Morgan fingerprint density at radius 3 is 2.59 bits per heavy atom. The maximum absolute atomic E-state index is 13.3. The van der Waals surface area contributed by atoms with Crippen molar-refractivity contribution in [3.63, 3.8) is 0 Å². The molecule has 0 aliphatic carbocycles. The van der Waals surface area contributed by atoms with E-state index in [-0.39, 0.29) is 23.7 Å². The van der Waals surface area contributed by atoms with Crippen LogP contribution in [0.2, 0.25) is 0 Å². The van der Waals surface area contributed by atoms with E-state index in [1.807, 2.05) is 19.1 Å². The number of hydrogen-bond acceptors (Lipinski definition) is 4. The zero-order chi connectivity index (χ0) is 22.9. The first-order chi connectivity index (χ1) is 15.3.